The highest BCUT2D eigenvalue weighted by Crippen LogP contribution is 2.37. The average Bonchev–Trinajstić information content (AvgIpc) is 3.22. The van der Waals surface area contributed by atoms with E-state index < -0.39 is 15.9 Å². The number of ether oxygens (including phenoxy) is 1. The van der Waals surface area contributed by atoms with Gasteiger partial charge in [0, 0.05) is 24.7 Å². The predicted octanol–water partition coefficient (Wildman–Crippen LogP) is 3.51. The number of fused-ring (bicyclic) bond motifs is 1. The van der Waals surface area contributed by atoms with E-state index in [1.807, 2.05) is 12.3 Å². The Hall–Kier alpha value is -2.91. The highest BCUT2D eigenvalue weighted by Gasteiger charge is 2.29. The van der Waals surface area contributed by atoms with Crippen molar-refractivity contribution in [3.05, 3.63) is 65.1 Å². The van der Waals surface area contributed by atoms with Crippen molar-refractivity contribution in [2.75, 3.05) is 18.8 Å². The van der Waals surface area contributed by atoms with E-state index in [4.69, 9.17) is 10.5 Å². The van der Waals surface area contributed by atoms with Gasteiger partial charge in [-0.25, -0.2) is 17.1 Å². The first-order chi connectivity index (χ1) is 15.3. The fraction of sp³-hybridized carbons (Fsp3) is 0.348. The summed E-state index contributed by atoms with van der Waals surface area (Å²) in [4.78, 5) is 15.2. The van der Waals surface area contributed by atoms with Crippen LogP contribution in [-0.4, -0.2) is 42.5 Å². The number of halogens is 1. The van der Waals surface area contributed by atoms with Gasteiger partial charge in [-0.05, 0) is 61.1 Å². The van der Waals surface area contributed by atoms with Gasteiger partial charge >= 0.3 is 0 Å². The average molecular weight is 460 g/mol. The lowest BCUT2D eigenvalue weighted by Gasteiger charge is -2.30. The number of amides is 1. The summed E-state index contributed by atoms with van der Waals surface area (Å²) in [5, 5.41) is 0.840. The quantitative estimate of drug-likeness (QED) is 0.564. The van der Waals surface area contributed by atoms with Crippen LogP contribution in [-0.2, 0) is 16.6 Å². The second kappa shape index (κ2) is 8.91. The van der Waals surface area contributed by atoms with Crippen molar-refractivity contribution in [3.8, 4) is 5.75 Å². The summed E-state index contributed by atoms with van der Waals surface area (Å²) in [5.41, 5.74) is 8.40. The van der Waals surface area contributed by atoms with E-state index in [1.165, 1.54) is 12.1 Å². The summed E-state index contributed by atoms with van der Waals surface area (Å²) in [6, 6.07) is 9.49. The Labute approximate surface area is 186 Å². The Balaban J connectivity index is 1.60. The fourth-order valence-electron chi connectivity index (χ4n) is 4.22. The first kappa shape index (κ1) is 22.3. The van der Waals surface area contributed by atoms with Crippen molar-refractivity contribution in [1.29, 1.82) is 0 Å². The molecular weight excluding hydrogens is 433 g/mol. The molecule has 1 aliphatic rings. The third-order valence-corrected chi connectivity index (χ3v) is 7.91. The fourth-order valence-corrected chi connectivity index (χ4v) is 5.35. The molecular formula is C23H26FN3O4S. The van der Waals surface area contributed by atoms with Gasteiger partial charge in [-0.3, -0.25) is 4.79 Å². The maximum atomic E-state index is 13.1. The first-order valence-corrected chi connectivity index (χ1v) is 12.2. The number of nitrogens with two attached hydrogens (primary N) is 1. The van der Waals surface area contributed by atoms with Gasteiger partial charge in [0.15, 0.2) is 0 Å². The van der Waals surface area contributed by atoms with E-state index in [1.54, 1.807) is 29.4 Å². The summed E-state index contributed by atoms with van der Waals surface area (Å²) in [6.45, 7) is 2.81. The molecule has 3 aromatic rings. The molecule has 32 heavy (non-hydrogen) atoms. The SMILES string of the molecule is CCS(=O)(=O)N1CCC(c2c[nH]c3c(C(N)=O)cc(OCc4ccc(F)cc4)cc23)CC1. The minimum absolute atomic E-state index is 0.0987. The van der Waals surface area contributed by atoms with Crippen LogP contribution in [0.15, 0.2) is 42.6 Å². The number of hydrogen-bond acceptors (Lipinski definition) is 4. The number of rotatable bonds is 7. The van der Waals surface area contributed by atoms with Crippen LogP contribution < -0.4 is 10.5 Å². The van der Waals surface area contributed by atoms with Crippen LogP contribution in [0, 0.1) is 5.82 Å². The molecule has 2 aromatic carbocycles. The molecule has 1 saturated heterocycles. The molecule has 1 aromatic heterocycles. The number of H-pyrrole nitrogens is 1. The molecule has 9 heteroatoms. The highest BCUT2D eigenvalue weighted by atomic mass is 32.2. The third-order valence-electron chi connectivity index (χ3n) is 6.03. The maximum absolute atomic E-state index is 13.1. The van der Waals surface area contributed by atoms with Gasteiger partial charge in [0.2, 0.25) is 10.0 Å². The summed E-state index contributed by atoms with van der Waals surface area (Å²) < 4.78 is 44.9. The van der Waals surface area contributed by atoms with Crippen LogP contribution in [0.4, 0.5) is 4.39 Å². The lowest BCUT2D eigenvalue weighted by molar-refractivity contribution is 0.100. The number of sulfonamides is 1. The number of carbonyl (C=O) groups excluding carboxylic acids is 1. The molecule has 1 amide bonds. The molecule has 2 heterocycles. The topological polar surface area (TPSA) is 105 Å². The largest absolute Gasteiger partial charge is 0.489 e. The van der Waals surface area contributed by atoms with Crippen LogP contribution in [0.5, 0.6) is 5.75 Å². The van der Waals surface area contributed by atoms with E-state index in [9.17, 15) is 17.6 Å². The molecule has 0 radical (unpaired) electrons. The van der Waals surface area contributed by atoms with Crippen molar-refractivity contribution < 1.29 is 22.3 Å². The number of hydrogen-bond donors (Lipinski definition) is 2. The van der Waals surface area contributed by atoms with Gasteiger partial charge in [0.25, 0.3) is 5.91 Å². The maximum Gasteiger partial charge on any atom is 0.250 e. The zero-order valence-corrected chi connectivity index (χ0v) is 18.6. The monoisotopic (exact) mass is 459 g/mol. The minimum atomic E-state index is -3.20. The molecule has 4 rings (SSSR count). The number of primary amides is 1. The Kier molecular flexibility index (Phi) is 6.21. The lowest BCUT2D eigenvalue weighted by atomic mass is 9.89. The van der Waals surface area contributed by atoms with Crippen molar-refractivity contribution in [1.82, 2.24) is 9.29 Å². The van der Waals surface area contributed by atoms with Gasteiger partial charge in [-0.2, -0.15) is 0 Å². The lowest BCUT2D eigenvalue weighted by Crippen LogP contribution is -2.38. The van der Waals surface area contributed by atoms with Gasteiger partial charge < -0.3 is 15.5 Å². The zero-order valence-electron chi connectivity index (χ0n) is 17.8. The van der Waals surface area contributed by atoms with Crippen LogP contribution in [0.3, 0.4) is 0 Å². The normalized spacial score (nSPS) is 15.8. The number of piperidine rings is 1. The van der Waals surface area contributed by atoms with Gasteiger partial charge in [0.1, 0.15) is 18.2 Å². The molecule has 0 saturated carbocycles. The summed E-state index contributed by atoms with van der Waals surface area (Å²) >= 11 is 0. The smallest absolute Gasteiger partial charge is 0.250 e. The van der Waals surface area contributed by atoms with Gasteiger partial charge in [-0.1, -0.05) is 12.1 Å². The molecule has 0 aliphatic carbocycles. The van der Waals surface area contributed by atoms with Crippen molar-refractivity contribution >= 4 is 26.8 Å². The van der Waals surface area contributed by atoms with Crippen molar-refractivity contribution in [2.24, 2.45) is 5.73 Å². The molecule has 0 bridgehead atoms. The summed E-state index contributed by atoms with van der Waals surface area (Å²) in [6.07, 6.45) is 3.26. The standard InChI is InChI=1S/C23H26FN3O4S/c1-2-32(29,30)27-9-7-16(8-10-27)21-13-26-22-19(21)11-18(12-20(22)23(25)28)31-14-15-3-5-17(24)6-4-15/h3-6,11-13,16,26H,2,7-10,14H2,1H3,(H2,25,28). The molecule has 0 spiro atoms. The number of aromatic nitrogens is 1. The Bertz CT molecular complexity index is 1230. The van der Waals surface area contributed by atoms with Crippen LogP contribution in [0.2, 0.25) is 0 Å². The predicted molar refractivity (Wildman–Crippen MR) is 121 cm³/mol. The molecule has 0 unspecified atom stereocenters. The minimum Gasteiger partial charge on any atom is -0.489 e. The number of carbonyl (C=O) groups is 1. The highest BCUT2D eigenvalue weighted by molar-refractivity contribution is 7.89. The third kappa shape index (κ3) is 4.49. The summed E-state index contributed by atoms with van der Waals surface area (Å²) in [7, 11) is -3.20. The van der Waals surface area contributed by atoms with E-state index in [0.29, 0.717) is 42.8 Å². The van der Waals surface area contributed by atoms with Crippen LogP contribution in [0.25, 0.3) is 10.9 Å². The zero-order chi connectivity index (χ0) is 22.9. The van der Waals surface area contributed by atoms with Crippen LogP contribution in [0.1, 0.15) is 47.2 Å². The molecule has 7 nitrogen and oxygen atoms in total. The van der Waals surface area contributed by atoms with E-state index in [2.05, 4.69) is 4.98 Å². The van der Waals surface area contributed by atoms with Crippen molar-refractivity contribution in [3.63, 3.8) is 0 Å². The number of nitrogens with zero attached hydrogens (tertiary/aromatic N) is 1. The molecule has 3 N–H and O–H groups in total. The molecule has 1 fully saturated rings. The summed E-state index contributed by atoms with van der Waals surface area (Å²) in [5.74, 6) is -0.149. The van der Waals surface area contributed by atoms with E-state index >= 15 is 0 Å². The Morgan fingerprint density at radius 1 is 1.22 bits per heavy atom. The second-order valence-corrected chi connectivity index (χ2v) is 10.2. The molecule has 170 valence electrons. The van der Waals surface area contributed by atoms with E-state index in [0.717, 1.165) is 16.5 Å². The van der Waals surface area contributed by atoms with E-state index in [-0.39, 0.29) is 24.1 Å². The van der Waals surface area contributed by atoms with Gasteiger partial charge in [0.05, 0.1) is 16.8 Å². The Morgan fingerprint density at radius 2 is 1.91 bits per heavy atom. The molecule has 1 aliphatic heterocycles. The molecule has 0 atom stereocenters. The van der Waals surface area contributed by atoms with Crippen LogP contribution >= 0.6 is 0 Å². The van der Waals surface area contributed by atoms with Crippen molar-refractivity contribution in [2.45, 2.75) is 32.3 Å². The Morgan fingerprint density at radius 3 is 2.53 bits per heavy atom. The number of aromatic amines is 1. The second-order valence-electron chi connectivity index (χ2n) is 7.99. The number of nitrogens with one attached hydrogen (secondary N) is 1. The van der Waals surface area contributed by atoms with Gasteiger partial charge in [-0.15, -0.1) is 0 Å². The number of benzene rings is 2. The first-order valence-electron chi connectivity index (χ1n) is 10.6.